The van der Waals surface area contributed by atoms with Gasteiger partial charge in [0.25, 0.3) is 5.56 Å². The van der Waals surface area contributed by atoms with Crippen LogP contribution in [0.4, 0.5) is 0 Å². The summed E-state index contributed by atoms with van der Waals surface area (Å²) in [6, 6.07) is 8.75. The number of hydrogen-bond acceptors (Lipinski definition) is 3. The molecule has 0 unspecified atom stereocenters. The highest BCUT2D eigenvalue weighted by atomic mass is 79.9. The van der Waals surface area contributed by atoms with Crippen LogP contribution in [0.5, 0.6) is 0 Å². The van der Waals surface area contributed by atoms with E-state index in [1.54, 1.807) is 30.3 Å². The lowest BCUT2D eigenvalue weighted by atomic mass is 10.1. The molecule has 2 aromatic rings. The van der Waals surface area contributed by atoms with Crippen LogP contribution in [-0.4, -0.2) is 9.97 Å². The molecule has 0 amide bonds. The standard InChI is InChI=1S/C11H6BrN3O2/c12-7-3-1-2-6(4-7)9-8(5-13)10(16)15-11(17)14-9/h1-4H,(H2,14,15,16,17). The lowest BCUT2D eigenvalue weighted by molar-refractivity contribution is 1.03. The second-order valence-corrected chi connectivity index (χ2v) is 4.20. The molecule has 84 valence electrons. The van der Waals surface area contributed by atoms with Gasteiger partial charge < -0.3 is 4.98 Å². The Kier molecular flexibility index (Phi) is 2.93. The quantitative estimate of drug-likeness (QED) is 0.831. The number of rotatable bonds is 1. The van der Waals surface area contributed by atoms with Crippen molar-refractivity contribution in [3.05, 3.63) is 55.1 Å². The second-order valence-electron chi connectivity index (χ2n) is 3.28. The van der Waals surface area contributed by atoms with Crippen molar-refractivity contribution in [2.24, 2.45) is 0 Å². The van der Waals surface area contributed by atoms with Crippen LogP contribution < -0.4 is 11.2 Å². The maximum absolute atomic E-state index is 11.4. The summed E-state index contributed by atoms with van der Waals surface area (Å²) in [6.07, 6.45) is 0. The molecule has 0 aliphatic rings. The molecule has 0 atom stereocenters. The van der Waals surface area contributed by atoms with Crippen molar-refractivity contribution in [1.82, 2.24) is 9.97 Å². The van der Waals surface area contributed by atoms with Crippen molar-refractivity contribution in [1.29, 1.82) is 5.26 Å². The zero-order chi connectivity index (χ0) is 12.4. The van der Waals surface area contributed by atoms with E-state index in [0.717, 1.165) is 4.47 Å². The van der Waals surface area contributed by atoms with Gasteiger partial charge in [-0.2, -0.15) is 5.26 Å². The maximum atomic E-state index is 11.4. The molecule has 0 saturated carbocycles. The van der Waals surface area contributed by atoms with E-state index in [-0.39, 0.29) is 11.3 Å². The van der Waals surface area contributed by atoms with E-state index < -0.39 is 11.2 Å². The minimum absolute atomic E-state index is 0.109. The molecule has 5 nitrogen and oxygen atoms in total. The van der Waals surface area contributed by atoms with Gasteiger partial charge in [0.2, 0.25) is 0 Å². The summed E-state index contributed by atoms with van der Waals surface area (Å²) in [7, 11) is 0. The number of halogens is 1. The molecular formula is C11H6BrN3O2. The third-order valence-corrected chi connectivity index (χ3v) is 2.66. The Balaban J connectivity index is 2.80. The highest BCUT2D eigenvalue weighted by Crippen LogP contribution is 2.21. The summed E-state index contributed by atoms with van der Waals surface area (Å²) in [4.78, 5) is 27.1. The highest BCUT2D eigenvalue weighted by Gasteiger charge is 2.10. The van der Waals surface area contributed by atoms with E-state index in [4.69, 9.17) is 5.26 Å². The minimum atomic E-state index is -0.689. The second kappa shape index (κ2) is 4.39. The summed E-state index contributed by atoms with van der Waals surface area (Å²) in [5, 5.41) is 8.92. The lowest BCUT2D eigenvalue weighted by Crippen LogP contribution is -2.25. The largest absolute Gasteiger partial charge is 0.326 e. The molecule has 0 fully saturated rings. The summed E-state index contributed by atoms with van der Waals surface area (Å²) in [5.74, 6) is 0. The zero-order valence-corrected chi connectivity index (χ0v) is 10.0. The van der Waals surface area contributed by atoms with Crippen molar-refractivity contribution in [2.45, 2.75) is 0 Å². The minimum Gasteiger partial charge on any atom is -0.306 e. The first-order valence-electron chi connectivity index (χ1n) is 4.64. The van der Waals surface area contributed by atoms with Crippen molar-refractivity contribution in [2.75, 3.05) is 0 Å². The van der Waals surface area contributed by atoms with E-state index in [9.17, 15) is 9.59 Å². The number of hydrogen-bond donors (Lipinski definition) is 2. The summed E-state index contributed by atoms with van der Waals surface area (Å²) in [5.41, 5.74) is -0.612. The molecule has 1 heterocycles. The van der Waals surface area contributed by atoms with Crippen LogP contribution in [0.1, 0.15) is 5.56 Å². The van der Waals surface area contributed by atoms with Crippen LogP contribution in [0.15, 0.2) is 38.3 Å². The molecule has 0 saturated heterocycles. The van der Waals surface area contributed by atoms with Crippen molar-refractivity contribution < 1.29 is 0 Å². The number of nitrogens with zero attached hydrogens (tertiary/aromatic N) is 1. The first-order valence-corrected chi connectivity index (χ1v) is 5.44. The first kappa shape index (κ1) is 11.4. The third-order valence-electron chi connectivity index (χ3n) is 2.17. The van der Waals surface area contributed by atoms with Gasteiger partial charge in [-0.15, -0.1) is 0 Å². The summed E-state index contributed by atoms with van der Waals surface area (Å²) >= 11 is 3.28. The molecule has 6 heteroatoms. The Labute approximate surface area is 104 Å². The van der Waals surface area contributed by atoms with Crippen molar-refractivity contribution >= 4 is 15.9 Å². The van der Waals surface area contributed by atoms with Gasteiger partial charge in [0.05, 0.1) is 5.69 Å². The average molecular weight is 292 g/mol. The predicted octanol–water partition coefficient (Wildman–Crippen LogP) is 1.36. The number of nitriles is 1. The number of aromatic amines is 2. The van der Waals surface area contributed by atoms with Gasteiger partial charge in [-0.1, -0.05) is 28.1 Å². The van der Waals surface area contributed by atoms with Crippen LogP contribution >= 0.6 is 15.9 Å². The number of aromatic nitrogens is 2. The fourth-order valence-electron chi connectivity index (χ4n) is 1.45. The third kappa shape index (κ3) is 2.19. The van der Waals surface area contributed by atoms with E-state index in [1.165, 1.54) is 0 Å². The maximum Gasteiger partial charge on any atom is 0.326 e. The van der Waals surface area contributed by atoms with Gasteiger partial charge in [-0.3, -0.25) is 9.78 Å². The molecule has 0 aliphatic heterocycles. The molecule has 2 rings (SSSR count). The normalized spacial score (nSPS) is 9.88. The predicted molar refractivity (Wildman–Crippen MR) is 65.5 cm³/mol. The molecule has 0 spiro atoms. The van der Waals surface area contributed by atoms with Gasteiger partial charge in [-0.25, -0.2) is 4.79 Å². The average Bonchev–Trinajstić information content (AvgIpc) is 2.28. The van der Waals surface area contributed by atoms with Crippen LogP contribution in [0.3, 0.4) is 0 Å². The summed E-state index contributed by atoms with van der Waals surface area (Å²) in [6.45, 7) is 0. The molecule has 1 aromatic heterocycles. The van der Waals surface area contributed by atoms with Crippen molar-refractivity contribution in [3.8, 4) is 17.3 Å². The van der Waals surface area contributed by atoms with Gasteiger partial charge in [0, 0.05) is 10.0 Å². The van der Waals surface area contributed by atoms with E-state index in [1.807, 2.05) is 4.98 Å². The molecule has 0 aliphatic carbocycles. The van der Waals surface area contributed by atoms with Gasteiger partial charge in [0.15, 0.2) is 0 Å². The van der Waals surface area contributed by atoms with Gasteiger partial charge >= 0.3 is 5.69 Å². The fraction of sp³-hybridized carbons (Fsp3) is 0. The molecule has 17 heavy (non-hydrogen) atoms. The molecule has 0 radical (unpaired) electrons. The fourth-order valence-corrected chi connectivity index (χ4v) is 1.85. The Bertz CT molecular complexity index is 724. The number of H-pyrrole nitrogens is 2. The van der Waals surface area contributed by atoms with E-state index in [0.29, 0.717) is 5.56 Å². The van der Waals surface area contributed by atoms with Crippen LogP contribution in [0.25, 0.3) is 11.3 Å². The number of benzene rings is 1. The van der Waals surface area contributed by atoms with E-state index >= 15 is 0 Å². The monoisotopic (exact) mass is 291 g/mol. The topological polar surface area (TPSA) is 89.5 Å². The molecule has 0 bridgehead atoms. The van der Waals surface area contributed by atoms with Crippen LogP contribution in [0, 0.1) is 11.3 Å². The van der Waals surface area contributed by atoms with Gasteiger partial charge in [-0.05, 0) is 12.1 Å². The Morgan fingerprint density at radius 1 is 1.24 bits per heavy atom. The highest BCUT2D eigenvalue weighted by molar-refractivity contribution is 9.10. The molecule has 2 N–H and O–H groups in total. The molecule has 1 aromatic carbocycles. The Morgan fingerprint density at radius 2 is 2.00 bits per heavy atom. The smallest absolute Gasteiger partial charge is 0.306 e. The SMILES string of the molecule is N#Cc1c(-c2cccc(Br)c2)[nH]c(=O)[nH]c1=O. The summed E-state index contributed by atoms with van der Waals surface area (Å²) < 4.78 is 0.792. The lowest BCUT2D eigenvalue weighted by Gasteiger charge is -2.03. The Morgan fingerprint density at radius 3 is 2.65 bits per heavy atom. The van der Waals surface area contributed by atoms with Crippen LogP contribution in [0.2, 0.25) is 0 Å². The first-order chi connectivity index (χ1) is 8.11. The van der Waals surface area contributed by atoms with E-state index in [2.05, 4.69) is 20.9 Å². The zero-order valence-electron chi connectivity index (χ0n) is 8.45. The molecular weight excluding hydrogens is 286 g/mol. The Hall–Kier alpha value is -2.13. The van der Waals surface area contributed by atoms with Crippen molar-refractivity contribution in [3.63, 3.8) is 0 Å². The number of nitrogens with one attached hydrogen (secondary N) is 2. The van der Waals surface area contributed by atoms with Crippen LogP contribution in [-0.2, 0) is 0 Å². The van der Waals surface area contributed by atoms with Gasteiger partial charge in [0.1, 0.15) is 11.6 Å².